The normalized spacial score (nSPS) is 15.1. The van der Waals surface area contributed by atoms with Crippen LogP contribution in [0.3, 0.4) is 0 Å². The molecular weight excluding hydrogens is 208 g/mol. The van der Waals surface area contributed by atoms with Crippen molar-refractivity contribution in [3.63, 3.8) is 0 Å². The number of carbonyl (C=O) groups excluding carboxylic acids is 1. The number of benzene rings is 1. The summed E-state index contributed by atoms with van der Waals surface area (Å²) >= 11 is 0. The molecule has 1 amide bonds. The standard InChI is InChI=1S/C11H14N2O3/c1-13-9-6-8(12)10(15-2)5-7(9)3-4-16-11(13)14/h5-6H,3-4,12H2,1-2H3. The van der Waals surface area contributed by atoms with Crippen LogP contribution in [0.5, 0.6) is 5.75 Å². The van der Waals surface area contributed by atoms with Crippen molar-refractivity contribution < 1.29 is 14.3 Å². The topological polar surface area (TPSA) is 64.8 Å². The van der Waals surface area contributed by atoms with Gasteiger partial charge in [-0.3, -0.25) is 4.90 Å². The highest BCUT2D eigenvalue weighted by molar-refractivity contribution is 5.90. The molecule has 86 valence electrons. The molecule has 0 radical (unpaired) electrons. The lowest BCUT2D eigenvalue weighted by Gasteiger charge is -2.17. The number of rotatable bonds is 1. The van der Waals surface area contributed by atoms with Crippen LogP contribution in [0.15, 0.2) is 12.1 Å². The number of hydrogen-bond donors (Lipinski definition) is 1. The molecular formula is C11H14N2O3. The van der Waals surface area contributed by atoms with Crippen LogP contribution >= 0.6 is 0 Å². The highest BCUT2D eigenvalue weighted by Gasteiger charge is 2.21. The van der Waals surface area contributed by atoms with Crippen LogP contribution in [0.2, 0.25) is 0 Å². The van der Waals surface area contributed by atoms with E-state index in [4.69, 9.17) is 15.2 Å². The fourth-order valence-corrected chi connectivity index (χ4v) is 1.76. The zero-order valence-corrected chi connectivity index (χ0v) is 9.32. The second-order valence-corrected chi connectivity index (χ2v) is 3.65. The summed E-state index contributed by atoms with van der Waals surface area (Å²) in [5.41, 5.74) is 8.10. The molecule has 1 aromatic rings. The van der Waals surface area contributed by atoms with Crippen LogP contribution in [-0.2, 0) is 11.2 Å². The zero-order chi connectivity index (χ0) is 11.7. The number of methoxy groups -OCH3 is 1. The number of anilines is 2. The smallest absolute Gasteiger partial charge is 0.414 e. The fraction of sp³-hybridized carbons (Fsp3) is 0.364. The van der Waals surface area contributed by atoms with Crippen molar-refractivity contribution in [1.82, 2.24) is 0 Å². The van der Waals surface area contributed by atoms with E-state index in [0.717, 1.165) is 11.3 Å². The Labute approximate surface area is 93.7 Å². The Morgan fingerprint density at radius 2 is 2.25 bits per heavy atom. The summed E-state index contributed by atoms with van der Waals surface area (Å²) in [7, 11) is 3.23. The highest BCUT2D eigenvalue weighted by atomic mass is 16.6. The van der Waals surface area contributed by atoms with Crippen LogP contribution in [0.1, 0.15) is 5.56 Å². The molecule has 5 nitrogen and oxygen atoms in total. The monoisotopic (exact) mass is 222 g/mol. The average Bonchev–Trinajstić information content (AvgIpc) is 2.40. The maximum Gasteiger partial charge on any atom is 0.414 e. The molecule has 0 saturated carbocycles. The molecule has 0 unspecified atom stereocenters. The van der Waals surface area contributed by atoms with E-state index in [0.29, 0.717) is 24.5 Å². The molecule has 0 spiro atoms. The summed E-state index contributed by atoms with van der Waals surface area (Å²) in [4.78, 5) is 12.9. The number of nitrogens with two attached hydrogens (primary N) is 1. The molecule has 0 aliphatic carbocycles. The van der Waals surface area contributed by atoms with Gasteiger partial charge < -0.3 is 15.2 Å². The molecule has 16 heavy (non-hydrogen) atoms. The van der Waals surface area contributed by atoms with Gasteiger partial charge in [0.05, 0.1) is 25.1 Å². The quantitative estimate of drug-likeness (QED) is 0.729. The first-order valence-corrected chi connectivity index (χ1v) is 5.00. The predicted molar refractivity (Wildman–Crippen MR) is 60.9 cm³/mol. The largest absolute Gasteiger partial charge is 0.495 e. The number of hydrogen-bond acceptors (Lipinski definition) is 4. The minimum absolute atomic E-state index is 0.358. The maximum atomic E-state index is 11.5. The third-order valence-electron chi connectivity index (χ3n) is 2.66. The van der Waals surface area contributed by atoms with Crippen LogP contribution < -0.4 is 15.4 Å². The highest BCUT2D eigenvalue weighted by Crippen LogP contribution is 2.32. The van der Waals surface area contributed by atoms with Crippen molar-refractivity contribution in [3.05, 3.63) is 17.7 Å². The summed E-state index contributed by atoms with van der Waals surface area (Å²) in [5.74, 6) is 0.626. The fourth-order valence-electron chi connectivity index (χ4n) is 1.76. The van der Waals surface area contributed by atoms with Gasteiger partial charge in [-0.05, 0) is 17.7 Å². The first kappa shape index (κ1) is 10.6. The van der Waals surface area contributed by atoms with Gasteiger partial charge in [-0.25, -0.2) is 4.79 Å². The van der Waals surface area contributed by atoms with Gasteiger partial charge in [0, 0.05) is 13.5 Å². The van der Waals surface area contributed by atoms with E-state index in [-0.39, 0.29) is 6.09 Å². The van der Waals surface area contributed by atoms with Gasteiger partial charge >= 0.3 is 6.09 Å². The summed E-state index contributed by atoms with van der Waals surface area (Å²) in [6, 6.07) is 3.59. The number of amides is 1. The number of nitrogen functional groups attached to an aromatic ring is 1. The molecule has 2 N–H and O–H groups in total. The molecule has 1 heterocycles. The molecule has 1 aliphatic rings. The molecule has 0 aromatic heterocycles. The maximum absolute atomic E-state index is 11.5. The minimum atomic E-state index is -0.358. The lowest BCUT2D eigenvalue weighted by atomic mass is 10.1. The van der Waals surface area contributed by atoms with Gasteiger partial charge in [0.2, 0.25) is 0 Å². The molecule has 5 heteroatoms. The lowest BCUT2D eigenvalue weighted by molar-refractivity contribution is 0.159. The van der Waals surface area contributed by atoms with Crippen LogP contribution in [0, 0.1) is 0 Å². The van der Waals surface area contributed by atoms with Crippen molar-refractivity contribution in [3.8, 4) is 5.75 Å². The summed E-state index contributed by atoms with van der Waals surface area (Å²) < 4.78 is 10.2. The number of cyclic esters (lactones) is 1. The van der Waals surface area contributed by atoms with Gasteiger partial charge in [-0.2, -0.15) is 0 Å². The van der Waals surface area contributed by atoms with Crippen LogP contribution in [-0.4, -0.2) is 26.9 Å². The Kier molecular flexibility index (Phi) is 2.60. The van der Waals surface area contributed by atoms with Gasteiger partial charge in [0.15, 0.2) is 0 Å². The van der Waals surface area contributed by atoms with E-state index in [1.807, 2.05) is 6.07 Å². The van der Waals surface area contributed by atoms with E-state index < -0.39 is 0 Å². The Morgan fingerprint density at radius 3 is 2.94 bits per heavy atom. The van der Waals surface area contributed by atoms with Crippen molar-refractivity contribution in [2.45, 2.75) is 6.42 Å². The Bertz CT molecular complexity index is 431. The third-order valence-corrected chi connectivity index (χ3v) is 2.66. The van der Waals surface area contributed by atoms with Crippen molar-refractivity contribution >= 4 is 17.5 Å². The van der Waals surface area contributed by atoms with Gasteiger partial charge in [0.25, 0.3) is 0 Å². The SMILES string of the molecule is COc1cc2c(cc1N)N(C)C(=O)OCC2. The van der Waals surface area contributed by atoms with Gasteiger partial charge in [0.1, 0.15) is 5.75 Å². The van der Waals surface area contributed by atoms with E-state index >= 15 is 0 Å². The molecule has 1 aliphatic heterocycles. The second kappa shape index (κ2) is 3.92. The Morgan fingerprint density at radius 1 is 1.50 bits per heavy atom. The van der Waals surface area contributed by atoms with Crippen molar-refractivity contribution in [2.75, 3.05) is 31.4 Å². The first-order valence-electron chi connectivity index (χ1n) is 5.00. The third kappa shape index (κ3) is 1.64. The minimum Gasteiger partial charge on any atom is -0.495 e. The van der Waals surface area contributed by atoms with E-state index in [1.54, 1.807) is 20.2 Å². The summed E-state index contributed by atoms with van der Waals surface area (Å²) in [6.07, 6.45) is 0.311. The zero-order valence-electron chi connectivity index (χ0n) is 9.32. The molecule has 0 bridgehead atoms. The number of nitrogens with zero attached hydrogens (tertiary/aromatic N) is 1. The van der Waals surface area contributed by atoms with Crippen LogP contribution in [0.4, 0.5) is 16.2 Å². The lowest BCUT2D eigenvalue weighted by Crippen LogP contribution is -2.25. The van der Waals surface area contributed by atoms with Gasteiger partial charge in [-0.15, -0.1) is 0 Å². The average molecular weight is 222 g/mol. The summed E-state index contributed by atoms with van der Waals surface area (Å²) in [6.45, 7) is 0.378. The van der Waals surface area contributed by atoms with E-state index in [1.165, 1.54) is 4.90 Å². The predicted octanol–water partition coefficient (Wildman–Crippen LogP) is 1.41. The second-order valence-electron chi connectivity index (χ2n) is 3.65. The van der Waals surface area contributed by atoms with E-state index in [9.17, 15) is 4.79 Å². The molecule has 1 aromatic carbocycles. The first-order chi connectivity index (χ1) is 7.63. The number of fused-ring (bicyclic) bond motifs is 1. The summed E-state index contributed by atoms with van der Waals surface area (Å²) in [5, 5.41) is 0. The molecule has 0 saturated heterocycles. The Hall–Kier alpha value is -1.91. The Balaban J connectivity index is 2.52. The van der Waals surface area contributed by atoms with Crippen molar-refractivity contribution in [2.24, 2.45) is 0 Å². The molecule has 0 fully saturated rings. The van der Waals surface area contributed by atoms with Crippen molar-refractivity contribution in [1.29, 1.82) is 0 Å². The van der Waals surface area contributed by atoms with Gasteiger partial charge in [-0.1, -0.05) is 0 Å². The molecule has 2 rings (SSSR count). The number of ether oxygens (including phenoxy) is 2. The van der Waals surface area contributed by atoms with E-state index in [2.05, 4.69) is 0 Å². The van der Waals surface area contributed by atoms with Crippen LogP contribution in [0.25, 0.3) is 0 Å². The molecule has 0 atom stereocenters. The number of carbonyl (C=O) groups is 1.